The van der Waals surface area contributed by atoms with Crippen molar-refractivity contribution in [2.75, 3.05) is 11.9 Å². The Morgan fingerprint density at radius 1 is 1.15 bits per heavy atom. The van der Waals surface area contributed by atoms with Crippen LogP contribution in [0.2, 0.25) is 5.02 Å². The number of hydrogen-bond donors (Lipinski definition) is 1. The smallest absolute Gasteiger partial charge is 0.262 e. The third-order valence-corrected chi connectivity index (χ3v) is 7.06. The Morgan fingerprint density at radius 3 is 2.45 bits per heavy atom. The predicted molar refractivity (Wildman–Crippen MR) is 127 cm³/mol. The number of anilines is 1. The molecule has 1 heterocycles. The molecule has 168 valence electrons. The number of fused-ring (bicyclic) bond motifs is 5. The third-order valence-electron chi connectivity index (χ3n) is 6.20. The molecule has 2 bridgehead atoms. The summed E-state index contributed by atoms with van der Waals surface area (Å²) in [7, 11) is 0. The molecule has 4 atom stereocenters. The van der Waals surface area contributed by atoms with Gasteiger partial charge in [-0.3, -0.25) is 14.4 Å². The Labute approximate surface area is 203 Å². The molecule has 2 aliphatic carbocycles. The van der Waals surface area contributed by atoms with E-state index < -0.39 is 0 Å². The predicted octanol–water partition coefficient (Wildman–Crippen LogP) is 4.26. The lowest BCUT2D eigenvalue weighted by molar-refractivity contribution is -0.140. The molecule has 0 unspecified atom stereocenters. The van der Waals surface area contributed by atoms with Crippen LogP contribution in [0.3, 0.4) is 0 Å². The van der Waals surface area contributed by atoms with Crippen LogP contribution < -0.4 is 10.1 Å². The Bertz CT molecular complexity index is 1150. The molecule has 2 aromatic rings. The summed E-state index contributed by atoms with van der Waals surface area (Å²) in [6, 6.07) is 12.3. The SMILES string of the molecule is O=C(COc1c(Cl)cc(C=NN2C(=O)[C@@H]3[C@H](C2=O)[C@H]2C=C[C@H]3C2)cc1Br)Nc1ccccc1. The Morgan fingerprint density at radius 2 is 1.82 bits per heavy atom. The fourth-order valence-corrected chi connectivity index (χ4v) is 5.76. The average Bonchev–Trinajstić information content (AvgIpc) is 3.47. The Hall–Kier alpha value is -2.97. The summed E-state index contributed by atoms with van der Waals surface area (Å²) >= 11 is 9.75. The molecule has 5 rings (SSSR count). The van der Waals surface area contributed by atoms with E-state index in [-0.39, 0.29) is 53.0 Å². The largest absolute Gasteiger partial charge is 0.481 e. The van der Waals surface area contributed by atoms with Crippen molar-refractivity contribution < 1.29 is 19.1 Å². The van der Waals surface area contributed by atoms with Gasteiger partial charge in [0.2, 0.25) is 0 Å². The zero-order valence-corrected chi connectivity index (χ0v) is 19.6. The molecule has 2 fully saturated rings. The van der Waals surface area contributed by atoms with Crippen LogP contribution in [-0.4, -0.2) is 35.6 Å². The fraction of sp³-hybridized carbons (Fsp3) is 0.250. The topological polar surface area (TPSA) is 88.1 Å². The highest BCUT2D eigenvalue weighted by atomic mass is 79.9. The minimum atomic E-state index is -0.324. The van der Waals surface area contributed by atoms with E-state index in [1.165, 1.54) is 6.21 Å². The maximum atomic E-state index is 12.7. The quantitative estimate of drug-likeness (QED) is 0.345. The molecule has 0 aromatic heterocycles. The number of hydrogen-bond acceptors (Lipinski definition) is 5. The molecule has 3 aliphatic rings. The van der Waals surface area contributed by atoms with Crippen molar-refractivity contribution in [1.29, 1.82) is 0 Å². The van der Waals surface area contributed by atoms with Gasteiger partial charge in [0.05, 0.1) is 27.5 Å². The van der Waals surface area contributed by atoms with Gasteiger partial charge in [-0.25, -0.2) is 0 Å². The zero-order chi connectivity index (χ0) is 23.1. The van der Waals surface area contributed by atoms with E-state index in [2.05, 4.69) is 26.3 Å². The summed E-state index contributed by atoms with van der Waals surface area (Å²) in [6.07, 6.45) is 6.38. The highest BCUT2D eigenvalue weighted by Gasteiger charge is 2.59. The number of nitrogens with zero attached hydrogens (tertiary/aromatic N) is 2. The van der Waals surface area contributed by atoms with Crippen LogP contribution in [0, 0.1) is 23.7 Å². The number of halogens is 2. The van der Waals surface area contributed by atoms with Crippen LogP contribution in [0.5, 0.6) is 5.75 Å². The van der Waals surface area contributed by atoms with E-state index in [9.17, 15) is 14.4 Å². The molecule has 0 radical (unpaired) electrons. The molecule has 3 amide bonds. The van der Waals surface area contributed by atoms with Crippen molar-refractivity contribution in [3.8, 4) is 5.75 Å². The highest BCUT2D eigenvalue weighted by Crippen LogP contribution is 2.52. The number of allylic oxidation sites excluding steroid dienone is 2. The van der Waals surface area contributed by atoms with Crippen molar-refractivity contribution in [1.82, 2.24) is 5.01 Å². The van der Waals surface area contributed by atoms with Gasteiger partial charge in [0.25, 0.3) is 17.7 Å². The van der Waals surface area contributed by atoms with Crippen molar-refractivity contribution in [3.05, 3.63) is 69.7 Å². The molecular formula is C24H19BrClN3O4. The standard InChI is InChI=1S/C24H19BrClN3O4/c25-17-8-13(9-18(26)22(17)33-12-19(30)28-16-4-2-1-3-5-16)11-27-29-23(31)20-14-6-7-15(10-14)21(20)24(29)32/h1-9,11,14-15,20-21H,10,12H2,(H,28,30)/t14-,15-,20-,21+/m0/s1. The van der Waals surface area contributed by atoms with Gasteiger partial charge in [-0.15, -0.1) is 0 Å². The van der Waals surface area contributed by atoms with E-state index in [0.29, 0.717) is 21.5 Å². The number of para-hydroxylation sites is 1. The minimum absolute atomic E-state index is 0.135. The van der Waals surface area contributed by atoms with Gasteiger partial charge in [0.15, 0.2) is 12.4 Å². The van der Waals surface area contributed by atoms with Gasteiger partial charge < -0.3 is 10.1 Å². The van der Waals surface area contributed by atoms with Crippen LogP contribution in [-0.2, 0) is 14.4 Å². The first-order chi connectivity index (χ1) is 15.9. The van der Waals surface area contributed by atoms with Crippen molar-refractivity contribution in [2.24, 2.45) is 28.8 Å². The third kappa shape index (κ3) is 4.09. The summed E-state index contributed by atoms with van der Waals surface area (Å²) < 4.78 is 6.10. The van der Waals surface area contributed by atoms with E-state index in [1.54, 1.807) is 24.3 Å². The maximum absolute atomic E-state index is 12.7. The molecule has 0 spiro atoms. The number of hydrazone groups is 1. The van der Waals surface area contributed by atoms with Gasteiger partial charge in [-0.2, -0.15) is 10.1 Å². The number of benzene rings is 2. The lowest BCUT2D eigenvalue weighted by Gasteiger charge is -2.13. The highest BCUT2D eigenvalue weighted by molar-refractivity contribution is 9.10. The summed E-state index contributed by atoms with van der Waals surface area (Å²) in [6.45, 7) is -0.226. The first-order valence-corrected chi connectivity index (χ1v) is 11.7. The van der Waals surface area contributed by atoms with E-state index >= 15 is 0 Å². The second-order valence-electron chi connectivity index (χ2n) is 8.25. The normalized spacial score (nSPS) is 25.2. The summed E-state index contributed by atoms with van der Waals surface area (Å²) in [4.78, 5) is 37.6. The molecular weight excluding hydrogens is 510 g/mol. The fourth-order valence-electron chi connectivity index (χ4n) is 4.77. The average molecular weight is 529 g/mol. The minimum Gasteiger partial charge on any atom is -0.481 e. The summed E-state index contributed by atoms with van der Waals surface area (Å²) in [5.41, 5.74) is 1.24. The maximum Gasteiger partial charge on any atom is 0.262 e. The first kappa shape index (κ1) is 21.9. The molecule has 7 nitrogen and oxygen atoms in total. The van der Waals surface area contributed by atoms with Crippen LogP contribution in [0.25, 0.3) is 0 Å². The van der Waals surface area contributed by atoms with Gasteiger partial charge in [-0.05, 0) is 64.0 Å². The number of carbonyl (C=O) groups is 3. The zero-order valence-electron chi connectivity index (χ0n) is 17.3. The van der Waals surface area contributed by atoms with E-state index in [4.69, 9.17) is 16.3 Å². The number of rotatable bonds is 6. The molecule has 1 aliphatic heterocycles. The lowest BCUT2D eigenvalue weighted by atomic mass is 9.85. The number of amides is 3. The van der Waals surface area contributed by atoms with Gasteiger partial charge in [0.1, 0.15) is 0 Å². The van der Waals surface area contributed by atoms with Crippen molar-refractivity contribution in [2.45, 2.75) is 6.42 Å². The van der Waals surface area contributed by atoms with E-state index in [0.717, 1.165) is 11.4 Å². The Balaban J connectivity index is 1.24. The van der Waals surface area contributed by atoms with Crippen LogP contribution in [0.4, 0.5) is 5.69 Å². The molecule has 2 aromatic carbocycles. The first-order valence-electron chi connectivity index (χ1n) is 10.5. The summed E-state index contributed by atoms with van der Waals surface area (Å²) in [5, 5.41) is 8.15. The van der Waals surface area contributed by atoms with E-state index in [1.807, 2.05) is 30.4 Å². The van der Waals surface area contributed by atoms with Crippen LogP contribution >= 0.6 is 27.5 Å². The van der Waals surface area contributed by atoms with Crippen LogP contribution in [0.15, 0.2) is 64.2 Å². The second-order valence-corrected chi connectivity index (χ2v) is 9.51. The number of ether oxygens (including phenoxy) is 1. The Kier molecular flexibility index (Phi) is 5.80. The van der Waals surface area contributed by atoms with Crippen molar-refractivity contribution >= 4 is 57.2 Å². The lowest BCUT2D eigenvalue weighted by Crippen LogP contribution is -2.28. The number of imide groups is 1. The second kappa shape index (κ2) is 8.76. The molecule has 1 saturated heterocycles. The monoisotopic (exact) mass is 527 g/mol. The van der Waals surface area contributed by atoms with Gasteiger partial charge in [0, 0.05) is 5.69 Å². The van der Waals surface area contributed by atoms with Gasteiger partial charge in [-0.1, -0.05) is 42.0 Å². The molecule has 33 heavy (non-hydrogen) atoms. The number of carbonyl (C=O) groups excluding carboxylic acids is 3. The van der Waals surface area contributed by atoms with Gasteiger partial charge >= 0.3 is 0 Å². The summed E-state index contributed by atoms with van der Waals surface area (Å²) in [5.74, 6) is -0.820. The molecule has 1 N–H and O–H groups in total. The number of nitrogens with one attached hydrogen (secondary N) is 1. The molecule has 9 heteroatoms. The molecule has 1 saturated carbocycles. The van der Waals surface area contributed by atoms with Crippen LogP contribution in [0.1, 0.15) is 12.0 Å². The van der Waals surface area contributed by atoms with Crippen molar-refractivity contribution in [3.63, 3.8) is 0 Å².